The standard InChI is InChI=1S/C15H24N2O/c1-3-13-5-4-9-17(10-7-13)15-11-14(12(2)18)6-8-16-15/h6,8,11-13,18H,3-5,7,9-10H2,1-2H3/t12-,13?/m0/s1. The molecule has 1 aliphatic rings. The second-order valence-electron chi connectivity index (χ2n) is 5.32. The van der Waals surface area contributed by atoms with Crippen molar-refractivity contribution < 1.29 is 5.11 Å². The maximum Gasteiger partial charge on any atom is 0.128 e. The van der Waals surface area contributed by atoms with Gasteiger partial charge in [-0.15, -0.1) is 0 Å². The third kappa shape index (κ3) is 3.22. The van der Waals surface area contributed by atoms with Gasteiger partial charge in [0, 0.05) is 19.3 Å². The third-order valence-electron chi connectivity index (χ3n) is 4.00. The molecule has 1 N–H and O–H groups in total. The quantitative estimate of drug-likeness (QED) is 0.892. The molecule has 2 rings (SSSR count). The summed E-state index contributed by atoms with van der Waals surface area (Å²) in [6.45, 7) is 6.27. The smallest absolute Gasteiger partial charge is 0.128 e. The lowest BCUT2D eigenvalue weighted by molar-refractivity contribution is 0.199. The summed E-state index contributed by atoms with van der Waals surface area (Å²) in [4.78, 5) is 6.82. The molecular formula is C15H24N2O. The SMILES string of the molecule is CCC1CCCN(c2cc([C@H](C)O)ccn2)CC1. The van der Waals surface area contributed by atoms with Crippen molar-refractivity contribution in [3.05, 3.63) is 23.9 Å². The zero-order valence-electron chi connectivity index (χ0n) is 11.5. The van der Waals surface area contributed by atoms with Crippen LogP contribution in [0.4, 0.5) is 5.82 Å². The first-order valence-electron chi connectivity index (χ1n) is 7.09. The van der Waals surface area contributed by atoms with E-state index in [9.17, 15) is 5.11 Å². The summed E-state index contributed by atoms with van der Waals surface area (Å²) in [5, 5.41) is 9.64. The van der Waals surface area contributed by atoms with Crippen molar-refractivity contribution in [2.75, 3.05) is 18.0 Å². The van der Waals surface area contributed by atoms with Gasteiger partial charge in [-0.1, -0.05) is 13.3 Å². The maximum atomic E-state index is 9.64. The first kappa shape index (κ1) is 13.3. The van der Waals surface area contributed by atoms with Crippen LogP contribution in [0, 0.1) is 5.92 Å². The van der Waals surface area contributed by atoms with Crippen LogP contribution >= 0.6 is 0 Å². The fraction of sp³-hybridized carbons (Fsp3) is 0.667. The second kappa shape index (κ2) is 6.19. The molecule has 100 valence electrons. The van der Waals surface area contributed by atoms with E-state index < -0.39 is 6.10 Å². The van der Waals surface area contributed by atoms with Crippen LogP contribution in [0.5, 0.6) is 0 Å². The average Bonchev–Trinajstić information content (AvgIpc) is 2.64. The number of aliphatic hydroxyl groups is 1. The van der Waals surface area contributed by atoms with Gasteiger partial charge >= 0.3 is 0 Å². The van der Waals surface area contributed by atoms with Gasteiger partial charge in [0.1, 0.15) is 5.82 Å². The molecule has 0 aliphatic carbocycles. The van der Waals surface area contributed by atoms with Crippen LogP contribution in [0.15, 0.2) is 18.3 Å². The van der Waals surface area contributed by atoms with Crippen LogP contribution in [-0.2, 0) is 0 Å². The number of pyridine rings is 1. The predicted octanol–water partition coefficient (Wildman–Crippen LogP) is 3.15. The van der Waals surface area contributed by atoms with Gasteiger partial charge in [-0.05, 0) is 49.8 Å². The number of hydrogen-bond acceptors (Lipinski definition) is 3. The van der Waals surface area contributed by atoms with E-state index in [4.69, 9.17) is 0 Å². The Hall–Kier alpha value is -1.09. The van der Waals surface area contributed by atoms with Gasteiger partial charge in [-0.3, -0.25) is 0 Å². The minimum absolute atomic E-state index is 0.415. The summed E-state index contributed by atoms with van der Waals surface area (Å²) >= 11 is 0. The van der Waals surface area contributed by atoms with Gasteiger partial charge in [-0.2, -0.15) is 0 Å². The Bertz CT molecular complexity index is 379. The van der Waals surface area contributed by atoms with Crippen molar-refractivity contribution >= 4 is 5.82 Å². The molecule has 3 nitrogen and oxygen atoms in total. The van der Waals surface area contributed by atoms with Crippen molar-refractivity contribution in [2.24, 2.45) is 5.92 Å². The van der Waals surface area contributed by atoms with Gasteiger partial charge in [0.15, 0.2) is 0 Å². The van der Waals surface area contributed by atoms with Crippen LogP contribution in [0.25, 0.3) is 0 Å². The minimum Gasteiger partial charge on any atom is -0.389 e. The molecule has 18 heavy (non-hydrogen) atoms. The summed E-state index contributed by atoms with van der Waals surface area (Å²) < 4.78 is 0. The minimum atomic E-state index is -0.415. The molecule has 2 heterocycles. The van der Waals surface area contributed by atoms with Crippen molar-refractivity contribution in [3.63, 3.8) is 0 Å². The molecule has 1 saturated heterocycles. The number of aromatic nitrogens is 1. The van der Waals surface area contributed by atoms with E-state index in [0.29, 0.717) is 0 Å². The monoisotopic (exact) mass is 248 g/mol. The highest BCUT2D eigenvalue weighted by atomic mass is 16.3. The summed E-state index contributed by atoms with van der Waals surface area (Å²) in [6, 6.07) is 3.91. The van der Waals surface area contributed by atoms with Crippen LogP contribution in [0.3, 0.4) is 0 Å². The van der Waals surface area contributed by atoms with E-state index in [2.05, 4.69) is 16.8 Å². The predicted molar refractivity (Wildman–Crippen MR) is 74.7 cm³/mol. The third-order valence-corrected chi connectivity index (χ3v) is 4.00. The molecule has 2 atom stereocenters. The summed E-state index contributed by atoms with van der Waals surface area (Å²) in [5.74, 6) is 1.89. The van der Waals surface area contributed by atoms with Gasteiger partial charge < -0.3 is 10.0 Å². The molecule has 0 bridgehead atoms. The van der Waals surface area contributed by atoms with E-state index in [1.165, 1.54) is 25.7 Å². The molecule has 0 radical (unpaired) electrons. The van der Waals surface area contributed by atoms with Gasteiger partial charge in [0.05, 0.1) is 6.10 Å². The normalized spacial score (nSPS) is 22.6. The van der Waals surface area contributed by atoms with Crippen LogP contribution in [0.2, 0.25) is 0 Å². The molecule has 0 saturated carbocycles. The lowest BCUT2D eigenvalue weighted by Crippen LogP contribution is -2.25. The molecule has 0 aromatic carbocycles. The fourth-order valence-electron chi connectivity index (χ4n) is 2.67. The fourth-order valence-corrected chi connectivity index (χ4v) is 2.67. The highest BCUT2D eigenvalue weighted by molar-refractivity contribution is 5.41. The Balaban J connectivity index is 2.08. The van der Waals surface area contributed by atoms with Gasteiger partial charge in [0.25, 0.3) is 0 Å². The van der Waals surface area contributed by atoms with Crippen molar-refractivity contribution in [2.45, 2.75) is 45.6 Å². The van der Waals surface area contributed by atoms with Crippen LogP contribution in [0.1, 0.15) is 51.2 Å². The molecule has 0 amide bonds. The van der Waals surface area contributed by atoms with Crippen molar-refractivity contribution in [3.8, 4) is 0 Å². The summed E-state index contributed by atoms with van der Waals surface area (Å²) in [5.41, 5.74) is 0.955. The van der Waals surface area contributed by atoms with E-state index >= 15 is 0 Å². The Labute approximate surface area is 110 Å². The van der Waals surface area contributed by atoms with Gasteiger partial charge in [0.2, 0.25) is 0 Å². The summed E-state index contributed by atoms with van der Waals surface area (Å²) in [7, 11) is 0. The van der Waals surface area contributed by atoms with E-state index in [0.717, 1.165) is 30.4 Å². The Kier molecular flexibility index (Phi) is 4.59. The summed E-state index contributed by atoms with van der Waals surface area (Å²) in [6.07, 6.45) is 6.52. The number of rotatable bonds is 3. The lowest BCUT2D eigenvalue weighted by Gasteiger charge is -2.22. The Morgan fingerprint density at radius 3 is 3.00 bits per heavy atom. The maximum absolute atomic E-state index is 9.64. The van der Waals surface area contributed by atoms with E-state index in [-0.39, 0.29) is 0 Å². The topological polar surface area (TPSA) is 36.4 Å². The van der Waals surface area contributed by atoms with Gasteiger partial charge in [-0.25, -0.2) is 4.98 Å². The van der Waals surface area contributed by atoms with Crippen molar-refractivity contribution in [1.82, 2.24) is 4.98 Å². The van der Waals surface area contributed by atoms with Crippen LogP contribution < -0.4 is 4.90 Å². The zero-order valence-corrected chi connectivity index (χ0v) is 11.5. The number of nitrogens with zero attached hydrogens (tertiary/aromatic N) is 2. The molecule has 1 aliphatic heterocycles. The molecule has 1 fully saturated rings. The number of anilines is 1. The Morgan fingerprint density at radius 1 is 1.44 bits per heavy atom. The number of aliphatic hydroxyl groups excluding tert-OH is 1. The molecule has 1 unspecified atom stereocenters. The molecular weight excluding hydrogens is 224 g/mol. The lowest BCUT2D eigenvalue weighted by atomic mass is 9.98. The highest BCUT2D eigenvalue weighted by Crippen LogP contribution is 2.24. The van der Waals surface area contributed by atoms with E-state index in [1.54, 1.807) is 13.1 Å². The van der Waals surface area contributed by atoms with Crippen LogP contribution in [-0.4, -0.2) is 23.2 Å². The zero-order chi connectivity index (χ0) is 13.0. The largest absolute Gasteiger partial charge is 0.389 e. The van der Waals surface area contributed by atoms with E-state index in [1.807, 2.05) is 12.1 Å². The average molecular weight is 248 g/mol. The molecule has 3 heteroatoms. The first-order chi connectivity index (χ1) is 8.70. The second-order valence-corrected chi connectivity index (χ2v) is 5.32. The number of hydrogen-bond donors (Lipinski definition) is 1. The first-order valence-corrected chi connectivity index (χ1v) is 7.09. The highest BCUT2D eigenvalue weighted by Gasteiger charge is 2.17. The molecule has 0 spiro atoms. The Morgan fingerprint density at radius 2 is 2.28 bits per heavy atom. The molecule has 1 aromatic heterocycles. The van der Waals surface area contributed by atoms with Crippen molar-refractivity contribution in [1.29, 1.82) is 0 Å². The molecule has 1 aromatic rings.